The topological polar surface area (TPSA) is 46.0 Å². The van der Waals surface area contributed by atoms with Crippen LogP contribution in [0.25, 0.3) is 0 Å². The predicted octanol–water partition coefficient (Wildman–Crippen LogP) is 3.75. The van der Waals surface area contributed by atoms with Crippen LogP contribution in [-0.4, -0.2) is 21.1 Å². The van der Waals surface area contributed by atoms with E-state index in [1.54, 1.807) is 23.0 Å². The Labute approximate surface area is 138 Å². The molecule has 4 nitrogen and oxygen atoms in total. The van der Waals surface area contributed by atoms with Gasteiger partial charge in [0.05, 0.1) is 6.21 Å². The second kappa shape index (κ2) is 7.11. The summed E-state index contributed by atoms with van der Waals surface area (Å²) < 4.78 is 15.2. The van der Waals surface area contributed by atoms with Crippen LogP contribution in [0.1, 0.15) is 17.0 Å². The van der Waals surface area contributed by atoms with Gasteiger partial charge in [-0.05, 0) is 41.9 Å². The van der Waals surface area contributed by atoms with E-state index in [4.69, 9.17) is 12.2 Å². The number of hydrogen-bond acceptors (Lipinski definition) is 3. The van der Waals surface area contributed by atoms with Crippen molar-refractivity contribution < 1.29 is 4.39 Å². The minimum absolute atomic E-state index is 0.297. The van der Waals surface area contributed by atoms with Gasteiger partial charge in [0.25, 0.3) is 0 Å². The quantitative estimate of drug-likeness (QED) is 0.573. The second-order valence-corrected chi connectivity index (χ2v) is 5.43. The zero-order valence-corrected chi connectivity index (χ0v) is 13.1. The van der Waals surface area contributed by atoms with Crippen LogP contribution in [0.2, 0.25) is 0 Å². The van der Waals surface area contributed by atoms with Crippen LogP contribution >= 0.6 is 12.2 Å². The van der Waals surface area contributed by atoms with Crippen LogP contribution < -0.4 is 0 Å². The average molecular weight is 326 g/mol. The molecule has 1 N–H and O–H groups in total. The van der Waals surface area contributed by atoms with E-state index in [1.807, 2.05) is 18.2 Å². The van der Waals surface area contributed by atoms with Crippen molar-refractivity contribution >= 4 is 18.4 Å². The van der Waals surface area contributed by atoms with Crippen molar-refractivity contribution in [2.75, 3.05) is 0 Å². The smallest absolute Gasteiger partial charge is 0.216 e. The SMILES string of the molecule is Fc1cccc(/C=N\n2c(CCc3ccccc3)n[nH]c2=S)c1. The molecule has 0 amide bonds. The summed E-state index contributed by atoms with van der Waals surface area (Å²) in [6, 6.07) is 16.4. The van der Waals surface area contributed by atoms with Crippen molar-refractivity contribution in [3.05, 3.63) is 82.1 Å². The molecule has 0 aliphatic carbocycles. The molecule has 1 aromatic heterocycles. The maximum Gasteiger partial charge on any atom is 0.216 e. The molecule has 3 rings (SSSR count). The molecule has 2 aromatic carbocycles. The second-order valence-electron chi connectivity index (χ2n) is 5.04. The monoisotopic (exact) mass is 326 g/mol. The predicted molar refractivity (Wildman–Crippen MR) is 90.7 cm³/mol. The summed E-state index contributed by atoms with van der Waals surface area (Å²) in [4.78, 5) is 0. The molecule has 23 heavy (non-hydrogen) atoms. The lowest BCUT2D eigenvalue weighted by atomic mass is 10.1. The highest BCUT2D eigenvalue weighted by molar-refractivity contribution is 7.71. The Morgan fingerprint density at radius 3 is 2.74 bits per heavy atom. The number of nitrogens with one attached hydrogen (secondary N) is 1. The number of rotatable bonds is 5. The highest BCUT2D eigenvalue weighted by Crippen LogP contribution is 2.07. The fourth-order valence-corrected chi connectivity index (χ4v) is 2.42. The molecule has 6 heteroatoms. The Bertz CT molecular complexity index is 868. The van der Waals surface area contributed by atoms with Gasteiger partial charge >= 0.3 is 0 Å². The van der Waals surface area contributed by atoms with Gasteiger partial charge in [-0.15, -0.1) is 0 Å². The maximum atomic E-state index is 13.2. The number of halogens is 1. The summed E-state index contributed by atoms with van der Waals surface area (Å²) in [5, 5.41) is 11.3. The maximum absolute atomic E-state index is 13.2. The van der Waals surface area contributed by atoms with Gasteiger partial charge in [0, 0.05) is 6.42 Å². The van der Waals surface area contributed by atoms with Gasteiger partial charge in [0.1, 0.15) is 5.82 Å². The molecule has 0 spiro atoms. The number of nitrogens with zero attached hydrogens (tertiary/aromatic N) is 3. The fourth-order valence-electron chi connectivity index (χ4n) is 2.22. The third-order valence-corrected chi connectivity index (χ3v) is 3.63. The molecule has 0 aliphatic rings. The molecular formula is C17H15FN4S. The summed E-state index contributed by atoms with van der Waals surface area (Å²) in [5.41, 5.74) is 1.89. The zero-order valence-electron chi connectivity index (χ0n) is 12.3. The van der Waals surface area contributed by atoms with Gasteiger partial charge in [-0.1, -0.05) is 42.5 Å². The lowest BCUT2D eigenvalue weighted by molar-refractivity contribution is 0.627. The third kappa shape index (κ3) is 3.98. The minimum atomic E-state index is -0.297. The molecule has 0 aliphatic heterocycles. The van der Waals surface area contributed by atoms with E-state index in [9.17, 15) is 4.39 Å². The van der Waals surface area contributed by atoms with Crippen molar-refractivity contribution in [1.82, 2.24) is 14.9 Å². The molecule has 0 unspecified atom stereocenters. The van der Waals surface area contributed by atoms with E-state index in [0.29, 0.717) is 16.8 Å². The molecule has 0 saturated carbocycles. The number of H-pyrrole nitrogens is 1. The van der Waals surface area contributed by atoms with Crippen LogP contribution in [0.4, 0.5) is 4.39 Å². The van der Waals surface area contributed by atoms with E-state index in [2.05, 4.69) is 27.4 Å². The fraction of sp³-hybridized carbons (Fsp3) is 0.118. The van der Waals surface area contributed by atoms with Crippen LogP contribution in [0.15, 0.2) is 59.7 Å². The van der Waals surface area contributed by atoms with Gasteiger partial charge in [-0.2, -0.15) is 14.9 Å². The Hall–Kier alpha value is -2.60. The summed E-state index contributed by atoms with van der Waals surface area (Å²) in [5.74, 6) is 0.445. The Morgan fingerprint density at radius 2 is 1.96 bits per heavy atom. The van der Waals surface area contributed by atoms with E-state index in [0.717, 1.165) is 12.2 Å². The molecule has 116 valence electrons. The van der Waals surface area contributed by atoms with E-state index < -0.39 is 0 Å². The Kier molecular flexibility index (Phi) is 4.73. The van der Waals surface area contributed by atoms with Gasteiger partial charge in [0.15, 0.2) is 5.82 Å². The van der Waals surface area contributed by atoms with E-state index >= 15 is 0 Å². The highest BCUT2D eigenvalue weighted by Gasteiger charge is 2.05. The van der Waals surface area contributed by atoms with Crippen molar-refractivity contribution in [2.24, 2.45) is 5.10 Å². The average Bonchev–Trinajstić information content (AvgIpc) is 2.92. The van der Waals surface area contributed by atoms with Crippen LogP contribution in [-0.2, 0) is 12.8 Å². The van der Waals surface area contributed by atoms with Crippen LogP contribution in [0.5, 0.6) is 0 Å². The molecule has 0 bridgehead atoms. The Morgan fingerprint density at radius 1 is 1.13 bits per heavy atom. The molecule has 0 fully saturated rings. The Balaban J connectivity index is 1.77. The third-order valence-electron chi connectivity index (χ3n) is 3.37. The number of aryl methyl sites for hydroxylation is 2. The molecule has 0 atom stereocenters. The summed E-state index contributed by atoms with van der Waals surface area (Å²) in [6.07, 6.45) is 3.12. The van der Waals surface area contributed by atoms with Crippen molar-refractivity contribution in [3.8, 4) is 0 Å². The number of hydrogen-bond donors (Lipinski definition) is 1. The first-order valence-electron chi connectivity index (χ1n) is 7.22. The van der Waals surface area contributed by atoms with Gasteiger partial charge in [0.2, 0.25) is 4.77 Å². The number of aromatic amines is 1. The molecule has 1 heterocycles. The van der Waals surface area contributed by atoms with Gasteiger partial charge < -0.3 is 0 Å². The molecule has 3 aromatic rings. The molecule has 0 radical (unpaired) electrons. The zero-order chi connectivity index (χ0) is 16.1. The normalized spacial score (nSPS) is 11.2. The molecule has 0 saturated heterocycles. The highest BCUT2D eigenvalue weighted by atomic mass is 32.1. The molecular weight excluding hydrogens is 311 g/mol. The van der Waals surface area contributed by atoms with Gasteiger partial charge in [-0.25, -0.2) is 4.39 Å². The number of benzene rings is 2. The van der Waals surface area contributed by atoms with Crippen LogP contribution in [0.3, 0.4) is 0 Å². The van der Waals surface area contributed by atoms with Crippen molar-refractivity contribution in [1.29, 1.82) is 0 Å². The van der Waals surface area contributed by atoms with E-state index in [1.165, 1.54) is 17.7 Å². The minimum Gasteiger partial charge on any atom is -0.250 e. The first-order valence-corrected chi connectivity index (χ1v) is 7.63. The first-order chi connectivity index (χ1) is 11.2. The summed E-state index contributed by atoms with van der Waals surface area (Å²) in [6.45, 7) is 0. The lowest BCUT2D eigenvalue weighted by Crippen LogP contribution is -2.01. The van der Waals surface area contributed by atoms with Crippen LogP contribution in [0, 0.1) is 10.6 Å². The van der Waals surface area contributed by atoms with Gasteiger partial charge in [-0.3, -0.25) is 5.10 Å². The standard InChI is InChI=1S/C17H15FN4S/c18-15-8-4-7-14(11-15)12-19-22-16(20-21-17(22)23)10-9-13-5-2-1-3-6-13/h1-8,11-12H,9-10H2,(H,21,23)/b19-12-. The largest absolute Gasteiger partial charge is 0.250 e. The lowest BCUT2D eigenvalue weighted by Gasteiger charge is -2.01. The summed E-state index contributed by atoms with van der Waals surface area (Å²) >= 11 is 5.20. The van der Waals surface area contributed by atoms with Crippen molar-refractivity contribution in [3.63, 3.8) is 0 Å². The first kappa shape index (κ1) is 15.3. The van der Waals surface area contributed by atoms with E-state index in [-0.39, 0.29) is 5.82 Å². The summed E-state index contributed by atoms with van der Waals surface area (Å²) in [7, 11) is 0. The number of aromatic nitrogens is 3. The van der Waals surface area contributed by atoms with Crippen molar-refractivity contribution in [2.45, 2.75) is 12.8 Å².